The number of rotatable bonds is 4. The molecule has 8 heteroatoms. The number of aromatic nitrogens is 3. The zero-order valence-corrected chi connectivity index (χ0v) is 16.7. The van der Waals surface area contributed by atoms with Crippen LogP contribution in [-0.2, 0) is 11.3 Å². The highest BCUT2D eigenvalue weighted by atomic mass is 16.3. The number of hydrogen-bond acceptors (Lipinski definition) is 5. The molecule has 0 aliphatic carbocycles. The molecule has 1 fully saturated rings. The van der Waals surface area contributed by atoms with E-state index >= 15 is 0 Å². The van der Waals surface area contributed by atoms with E-state index in [2.05, 4.69) is 4.98 Å². The van der Waals surface area contributed by atoms with Gasteiger partial charge in [-0.3, -0.25) is 14.2 Å². The Morgan fingerprint density at radius 3 is 2.76 bits per heavy atom. The third-order valence-electron chi connectivity index (χ3n) is 6.23. The Morgan fingerprint density at radius 2 is 2.03 bits per heavy atom. The number of aliphatic hydroxyl groups excluding tert-OH is 1. The van der Waals surface area contributed by atoms with Gasteiger partial charge in [0.2, 0.25) is 5.91 Å². The number of amides is 1. The fraction of sp³-hybridized carbons (Fsp3) is 0.524. The molecule has 8 nitrogen and oxygen atoms in total. The lowest BCUT2D eigenvalue weighted by Gasteiger charge is -2.46. The molecular formula is C21H26N4O4. The number of hydrogen-bond donors (Lipinski definition) is 1. The number of pyridine rings is 1. The maximum atomic E-state index is 12.9. The van der Waals surface area contributed by atoms with E-state index in [1.165, 1.54) is 10.6 Å². The van der Waals surface area contributed by atoms with Crippen LogP contribution in [0.5, 0.6) is 0 Å². The van der Waals surface area contributed by atoms with E-state index in [4.69, 9.17) is 0 Å². The summed E-state index contributed by atoms with van der Waals surface area (Å²) in [6.07, 6.45) is 1.08. The first-order valence-corrected chi connectivity index (χ1v) is 10.0. The first-order chi connectivity index (χ1) is 13.9. The molecule has 1 N–H and O–H groups in total. The van der Waals surface area contributed by atoms with Crippen LogP contribution in [0.3, 0.4) is 0 Å². The first-order valence-electron chi connectivity index (χ1n) is 10.0. The number of likely N-dealkylation sites (tertiary alicyclic amines) is 1. The van der Waals surface area contributed by atoms with Gasteiger partial charge in [-0.05, 0) is 32.4 Å². The van der Waals surface area contributed by atoms with Crippen molar-refractivity contribution < 1.29 is 9.90 Å². The highest BCUT2D eigenvalue weighted by molar-refractivity contribution is 5.76. The number of aryl methyl sites for hydroxylation is 2. The van der Waals surface area contributed by atoms with Crippen molar-refractivity contribution in [3.05, 3.63) is 62.2 Å². The molecule has 0 unspecified atom stereocenters. The zero-order valence-electron chi connectivity index (χ0n) is 16.7. The average Bonchev–Trinajstić information content (AvgIpc) is 2.68. The van der Waals surface area contributed by atoms with Gasteiger partial charge in [-0.25, -0.2) is 4.79 Å². The minimum absolute atomic E-state index is 0.0185. The van der Waals surface area contributed by atoms with Crippen LogP contribution in [0.4, 0.5) is 0 Å². The van der Waals surface area contributed by atoms with E-state index in [9.17, 15) is 19.5 Å². The topological polar surface area (TPSA) is 97.4 Å². The molecule has 2 aromatic rings. The van der Waals surface area contributed by atoms with Gasteiger partial charge in [0.1, 0.15) is 0 Å². The van der Waals surface area contributed by atoms with Crippen molar-refractivity contribution in [1.82, 2.24) is 19.0 Å². The predicted octanol–water partition coefficient (Wildman–Crippen LogP) is 0.591. The van der Waals surface area contributed by atoms with Crippen LogP contribution in [0.1, 0.15) is 41.9 Å². The average molecular weight is 398 g/mol. The smallest absolute Gasteiger partial charge is 0.347 e. The number of nitrogens with zero attached hydrogens (tertiary/aromatic N) is 4. The van der Waals surface area contributed by atoms with Gasteiger partial charge in [-0.1, -0.05) is 6.07 Å². The molecule has 154 valence electrons. The van der Waals surface area contributed by atoms with Crippen LogP contribution >= 0.6 is 0 Å². The van der Waals surface area contributed by atoms with Gasteiger partial charge >= 0.3 is 5.69 Å². The molecule has 0 saturated carbocycles. The van der Waals surface area contributed by atoms with Crippen LogP contribution < -0.4 is 11.2 Å². The molecule has 4 rings (SSSR count). The number of fused-ring (bicyclic) bond motifs is 4. The standard InChI is InChI=1S/C21H26N4O4/c1-13-8-14(2)24(21(29)22-13)7-6-19(27)23-10-15-9-16(11-23)18(12-26)25-17(15)4-3-5-20(25)28/h3-5,8,15-16,18,26H,6-7,9-12H2,1-2H3/t15-,16+,18+/m1/s1. The van der Waals surface area contributed by atoms with Crippen LogP contribution in [0.25, 0.3) is 0 Å². The summed E-state index contributed by atoms with van der Waals surface area (Å²) in [5, 5.41) is 9.93. The van der Waals surface area contributed by atoms with E-state index in [0.717, 1.165) is 17.8 Å². The highest BCUT2D eigenvalue weighted by Gasteiger charge is 2.41. The second-order valence-electron chi connectivity index (χ2n) is 8.12. The summed E-state index contributed by atoms with van der Waals surface area (Å²) in [6.45, 7) is 4.85. The fourth-order valence-corrected chi connectivity index (χ4v) is 4.89. The Kier molecular flexibility index (Phi) is 5.12. The van der Waals surface area contributed by atoms with Gasteiger partial charge in [0, 0.05) is 61.0 Å². The Balaban J connectivity index is 1.52. The highest BCUT2D eigenvalue weighted by Crippen LogP contribution is 2.40. The summed E-state index contributed by atoms with van der Waals surface area (Å²) in [4.78, 5) is 43.2. The molecule has 2 aromatic heterocycles. The fourth-order valence-electron chi connectivity index (χ4n) is 4.89. The van der Waals surface area contributed by atoms with Crippen molar-refractivity contribution in [1.29, 1.82) is 0 Å². The largest absolute Gasteiger partial charge is 0.394 e. The Hall–Kier alpha value is -2.74. The molecule has 2 aliphatic rings. The monoisotopic (exact) mass is 398 g/mol. The summed E-state index contributed by atoms with van der Waals surface area (Å²) >= 11 is 0. The number of carbonyl (C=O) groups excluding carboxylic acids is 1. The Labute approximate surface area is 168 Å². The predicted molar refractivity (Wildman–Crippen MR) is 107 cm³/mol. The summed E-state index contributed by atoms with van der Waals surface area (Å²) < 4.78 is 3.24. The van der Waals surface area contributed by atoms with Crippen LogP contribution in [0, 0.1) is 19.8 Å². The molecule has 1 saturated heterocycles. The zero-order chi connectivity index (χ0) is 20.7. The molecule has 0 radical (unpaired) electrons. The van der Waals surface area contributed by atoms with Crippen molar-refractivity contribution >= 4 is 5.91 Å². The molecule has 0 aromatic carbocycles. The SMILES string of the molecule is Cc1cc(C)n(CCC(=O)N2C[C@H]3C[C@@H](C2)[C@H](CO)n2c3cccc2=O)c(=O)n1. The van der Waals surface area contributed by atoms with Crippen molar-refractivity contribution in [2.45, 2.75) is 45.2 Å². The van der Waals surface area contributed by atoms with Gasteiger partial charge in [-0.15, -0.1) is 0 Å². The van der Waals surface area contributed by atoms with Crippen molar-refractivity contribution in [2.75, 3.05) is 19.7 Å². The van der Waals surface area contributed by atoms with E-state index in [1.54, 1.807) is 17.6 Å². The van der Waals surface area contributed by atoms with Crippen molar-refractivity contribution in [2.24, 2.45) is 5.92 Å². The summed E-state index contributed by atoms with van der Waals surface area (Å²) in [7, 11) is 0. The number of aliphatic hydroxyl groups is 1. The molecule has 4 heterocycles. The lowest BCUT2D eigenvalue weighted by molar-refractivity contribution is -0.134. The summed E-state index contributed by atoms with van der Waals surface area (Å²) in [5.74, 6) is 0.107. The Morgan fingerprint density at radius 1 is 1.24 bits per heavy atom. The number of carbonyl (C=O) groups is 1. The van der Waals surface area contributed by atoms with Crippen LogP contribution in [0.2, 0.25) is 0 Å². The maximum absolute atomic E-state index is 12.9. The van der Waals surface area contributed by atoms with E-state index in [0.29, 0.717) is 25.3 Å². The first kappa shape index (κ1) is 19.6. The molecule has 29 heavy (non-hydrogen) atoms. The second kappa shape index (κ2) is 7.59. The van der Waals surface area contributed by atoms with Gasteiger partial charge < -0.3 is 14.6 Å². The minimum Gasteiger partial charge on any atom is -0.394 e. The molecule has 2 aliphatic heterocycles. The second-order valence-corrected chi connectivity index (χ2v) is 8.12. The van der Waals surface area contributed by atoms with Crippen LogP contribution in [-0.4, -0.2) is 49.7 Å². The van der Waals surface area contributed by atoms with Crippen LogP contribution in [0.15, 0.2) is 33.9 Å². The molecular weight excluding hydrogens is 372 g/mol. The number of piperidine rings is 1. The molecule has 3 atom stereocenters. The van der Waals surface area contributed by atoms with Crippen molar-refractivity contribution in [3.8, 4) is 0 Å². The lowest BCUT2D eigenvalue weighted by atomic mass is 9.78. The van der Waals surface area contributed by atoms with Gasteiger partial charge in [-0.2, -0.15) is 4.98 Å². The third kappa shape index (κ3) is 3.53. The van der Waals surface area contributed by atoms with E-state index in [1.807, 2.05) is 24.0 Å². The van der Waals surface area contributed by atoms with Gasteiger partial charge in [0.25, 0.3) is 5.56 Å². The van der Waals surface area contributed by atoms with E-state index in [-0.39, 0.29) is 48.1 Å². The van der Waals surface area contributed by atoms with Crippen molar-refractivity contribution in [3.63, 3.8) is 0 Å². The van der Waals surface area contributed by atoms with Gasteiger partial charge in [0.15, 0.2) is 0 Å². The molecule has 0 spiro atoms. The maximum Gasteiger partial charge on any atom is 0.347 e. The minimum atomic E-state index is -0.334. The summed E-state index contributed by atoms with van der Waals surface area (Å²) in [6, 6.07) is 6.70. The normalized spacial score (nSPS) is 23.0. The molecule has 1 amide bonds. The molecule has 2 bridgehead atoms. The van der Waals surface area contributed by atoms with Gasteiger partial charge in [0.05, 0.1) is 12.6 Å². The Bertz CT molecular complexity index is 1060. The van der Waals surface area contributed by atoms with E-state index < -0.39 is 0 Å². The third-order valence-corrected chi connectivity index (χ3v) is 6.23. The quantitative estimate of drug-likeness (QED) is 0.813. The summed E-state index contributed by atoms with van der Waals surface area (Å²) in [5.41, 5.74) is 1.92. The lowest BCUT2D eigenvalue weighted by Crippen LogP contribution is -2.52.